The normalized spacial score (nSPS) is 10.5. The molecule has 4 nitrogen and oxygen atoms in total. The van der Waals surface area contributed by atoms with Gasteiger partial charge in [-0.3, -0.25) is 0 Å². The van der Waals surface area contributed by atoms with Gasteiger partial charge in [0.2, 0.25) is 0 Å². The van der Waals surface area contributed by atoms with Gasteiger partial charge in [-0.05, 0) is 31.0 Å². The largest absolute Gasteiger partial charge is 0.370 e. The zero-order chi connectivity index (χ0) is 15.2. The van der Waals surface area contributed by atoms with Gasteiger partial charge in [-0.1, -0.05) is 26.0 Å². The van der Waals surface area contributed by atoms with Crippen LogP contribution in [0.15, 0.2) is 30.3 Å². The number of hydrogen-bond acceptors (Lipinski definition) is 4. The quantitative estimate of drug-likeness (QED) is 0.876. The molecule has 0 spiro atoms. The first-order valence-electron chi connectivity index (χ1n) is 7.62. The van der Waals surface area contributed by atoms with Gasteiger partial charge in [-0.15, -0.1) is 0 Å². The highest BCUT2D eigenvalue weighted by Crippen LogP contribution is 2.24. The van der Waals surface area contributed by atoms with Gasteiger partial charge in [0.25, 0.3) is 0 Å². The summed E-state index contributed by atoms with van der Waals surface area (Å²) in [5.74, 6) is 2.67. The van der Waals surface area contributed by atoms with E-state index in [0.717, 1.165) is 42.5 Å². The fourth-order valence-corrected chi connectivity index (χ4v) is 2.17. The molecule has 2 aromatic rings. The summed E-state index contributed by atoms with van der Waals surface area (Å²) in [6, 6.07) is 10.6. The predicted octanol–water partition coefficient (Wildman–Crippen LogP) is 3.80. The van der Waals surface area contributed by atoms with Crippen LogP contribution in [0.2, 0.25) is 0 Å². The molecule has 0 radical (unpaired) electrons. The van der Waals surface area contributed by atoms with Gasteiger partial charge >= 0.3 is 0 Å². The molecule has 2 rings (SSSR count). The minimum absolute atomic E-state index is 0.828. The van der Waals surface area contributed by atoms with Gasteiger partial charge < -0.3 is 10.2 Å². The molecule has 1 aromatic heterocycles. The molecule has 0 aliphatic carbocycles. The standard InChI is InChI=1S/C17H24N4/c1-5-13-8-10-14(11-9-13)21(4)17-12-16(18-7-3)19-15(6-2)20-17/h8-12H,5-7H2,1-4H3,(H,18,19,20). The maximum Gasteiger partial charge on any atom is 0.138 e. The fraction of sp³-hybridized carbons (Fsp3) is 0.412. The summed E-state index contributed by atoms with van der Waals surface area (Å²) in [7, 11) is 2.04. The summed E-state index contributed by atoms with van der Waals surface area (Å²) in [6.45, 7) is 7.17. The molecule has 1 heterocycles. The van der Waals surface area contributed by atoms with Crippen molar-refractivity contribution in [1.82, 2.24) is 9.97 Å². The Morgan fingerprint density at radius 3 is 2.29 bits per heavy atom. The summed E-state index contributed by atoms with van der Waals surface area (Å²) < 4.78 is 0. The lowest BCUT2D eigenvalue weighted by molar-refractivity contribution is 0.923. The number of anilines is 3. The Kier molecular flexibility index (Phi) is 5.14. The second-order valence-electron chi connectivity index (χ2n) is 4.99. The monoisotopic (exact) mass is 284 g/mol. The second kappa shape index (κ2) is 7.07. The highest BCUT2D eigenvalue weighted by molar-refractivity contribution is 5.62. The number of hydrogen-bond donors (Lipinski definition) is 1. The smallest absolute Gasteiger partial charge is 0.138 e. The summed E-state index contributed by atoms with van der Waals surface area (Å²) in [5.41, 5.74) is 2.48. The van der Waals surface area contributed by atoms with Gasteiger partial charge in [0, 0.05) is 31.8 Å². The van der Waals surface area contributed by atoms with Crippen LogP contribution in [0.3, 0.4) is 0 Å². The Labute approximate surface area is 127 Å². The average molecular weight is 284 g/mol. The van der Waals surface area contributed by atoms with Gasteiger partial charge in [0.15, 0.2) is 0 Å². The summed E-state index contributed by atoms with van der Waals surface area (Å²) >= 11 is 0. The van der Waals surface area contributed by atoms with Crippen LogP contribution in [-0.4, -0.2) is 23.6 Å². The van der Waals surface area contributed by atoms with Gasteiger partial charge in [0.1, 0.15) is 17.5 Å². The molecule has 1 aromatic carbocycles. The van der Waals surface area contributed by atoms with E-state index in [1.807, 2.05) is 13.1 Å². The van der Waals surface area contributed by atoms with Crippen molar-refractivity contribution < 1.29 is 0 Å². The van der Waals surface area contributed by atoms with Crippen molar-refractivity contribution in [2.24, 2.45) is 0 Å². The fourth-order valence-electron chi connectivity index (χ4n) is 2.17. The predicted molar refractivity (Wildman–Crippen MR) is 89.5 cm³/mol. The van der Waals surface area contributed by atoms with Crippen LogP contribution in [0.4, 0.5) is 17.3 Å². The third-order valence-corrected chi connectivity index (χ3v) is 3.51. The Morgan fingerprint density at radius 2 is 1.71 bits per heavy atom. The molecule has 0 saturated carbocycles. The lowest BCUT2D eigenvalue weighted by Gasteiger charge is -2.20. The van der Waals surface area contributed by atoms with Crippen molar-refractivity contribution in [3.8, 4) is 0 Å². The van der Waals surface area contributed by atoms with Crippen LogP contribution in [0.25, 0.3) is 0 Å². The van der Waals surface area contributed by atoms with Crippen LogP contribution in [0.1, 0.15) is 32.2 Å². The lowest BCUT2D eigenvalue weighted by Crippen LogP contribution is -2.14. The van der Waals surface area contributed by atoms with Crippen LogP contribution >= 0.6 is 0 Å². The van der Waals surface area contributed by atoms with E-state index in [9.17, 15) is 0 Å². The van der Waals surface area contributed by atoms with Crippen molar-refractivity contribution in [3.63, 3.8) is 0 Å². The van der Waals surface area contributed by atoms with E-state index in [2.05, 4.69) is 65.2 Å². The molecule has 1 N–H and O–H groups in total. The van der Waals surface area contributed by atoms with Crippen molar-refractivity contribution >= 4 is 17.3 Å². The first-order chi connectivity index (χ1) is 10.2. The number of aromatic nitrogens is 2. The molecule has 4 heteroatoms. The highest BCUT2D eigenvalue weighted by atomic mass is 15.2. The van der Waals surface area contributed by atoms with Gasteiger partial charge in [0.05, 0.1) is 0 Å². The number of benzene rings is 1. The molecule has 0 fully saturated rings. The Hall–Kier alpha value is -2.10. The van der Waals surface area contributed by atoms with Crippen molar-refractivity contribution in [2.75, 3.05) is 23.8 Å². The minimum atomic E-state index is 0.828. The second-order valence-corrected chi connectivity index (χ2v) is 4.99. The van der Waals surface area contributed by atoms with E-state index in [1.54, 1.807) is 0 Å². The molecule has 0 aliphatic heterocycles. The molecule has 0 aliphatic rings. The first-order valence-corrected chi connectivity index (χ1v) is 7.62. The van der Waals surface area contributed by atoms with E-state index in [-0.39, 0.29) is 0 Å². The maximum absolute atomic E-state index is 4.63. The Bertz CT molecular complexity index is 578. The first kappa shape index (κ1) is 15.3. The molecule has 0 unspecified atom stereocenters. The molecule has 0 amide bonds. The molecular weight excluding hydrogens is 260 g/mol. The van der Waals surface area contributed by atoms with Crippen molar-refractivity contribution in [3.05, 3.63) is 41.7 Å². The molecule has 21 heavy (non-hydrogen) atoms. The number of nitrogens with one attached hydrogen (secondary N) is 1. The van der Waals surface area contributed by atoms with E-state index >= 15 is 0 Å². The van der Waals surface area contributed by atoms with Crippen LogP contribution in [0, 0.1) is 0 Å². The average Bonchev–Trinajstić information content (AvgIpc) is 2.54. The molecule has 0 bridgehead atoms. The third kappa shape index (κ3) is 3.72. The summed E-state index contributed by atoms with van der Waals surface area (Å²) in [6.07, 6.45) is 1.89. The molecule has 0 saturated heterocycles. The van der Waals surface area contributed by atoms with Crippen molar-refractivity contribution in [2.45, 2.75) is 33.6 Å². The Morgan fingerprint density at radius 1 is 1.00 bits per heavy atom. The van der Waals surface area contributed by atoms with Gasteiger partial charge in [-0.25, -0.2) is 9.97 Å². The minimum Gasteiger partial charge on any atom is -0.370 e. The zero-order valence-electron chi connectivity index (χ0n) is 13.3. The maximum atomic E-state index is 4.63. The van der Waals surface area contributed by atoms with Gasteiger partial charge in [-0.2, -0.15) is 0 Å². The molecule has 112 valence electrons. The zero-order valence-corrected chi connectivity index (χ0v) is 13.3. The highest BCUT2D eigenvalue weighted by Gasteiger charge is 2.09. The van der Waals surface area contributed by atoms with E-state index in [0.29, 0.717) is 0 Å². The third-order valence-electron chi connectivity index (χ3n) is 3.51. The van der Waals surface area contributed by atoms with Crippen LogP contribution < -0.4 is 10.2 Å². The topological polar surface area (TPSA) is 41.0 Å². The van der Waals surface area contributed by atoms with E-state index in [1.165, 1.54) is 5.56 Å². The molecular formula is C17H24N4. The lowest BCUT2D eigenvalue weighted by atomic mass is 10.1. The van der Waals surface area contributed by atoms with Crippen LogP contribution in [-0.2, 0) is 12.8 Å². The number of aryl methyl sites for hydroxylation is 2. The Balaban J connectivity index is 2.31. The number of nitrogens with zero attached hydrogens (tertiary/aromatic N) is 3. The van der Waals surface area contributed by atoms with Crippen molar-refractivity contribution in [1.29, 1.82) is 0 Å². The van der Waals surface area contributed by atoms with Crippen LogP contribution in [0.5, 0.6) is 0 Å². The number of rotatable bonds is 6. The van der Waals surface area contributed by atoms with E-state index < -0.39 is 0 Å². The summed E-state index contributed by atoms with van der Waals surface area (Å²) in [5, 5.41) is 3.27. The SMILES string of the molecule is CCNc1cc(N(C)c2ccc(CC)cc2)nc(CC)n1. The summed E-state index contributed by atoms with van der Waals surface area (Å²) in [4.78, 5) is 11.2. The van der Waals surface area contributed by atoms with E-state index in [4.69, 9.17) is 0 Å². The molecule has 0 atom stereocenters.